The Balaban J connectivity index is 2.26. The molecule has 1 aromatic rings. The number of ether oxygens (including phenoxy) is 1. The van der Waals surface area contributed by atoms with Crippen LogP contribution in [0.3, 0.4) is 0 Å². The second-order valence-electron chi connectivity index (χ2n) is 5.47. The predicted octanol–water partition coefficient (Wildman–Crippen LogP) is 2.32. The molecular formula is C14H14BrNO4. The monoisotopic (exact) mass is 339 g/mol. The second kappa shape index (κ2) is 5.01. The Morgan fingerprint density at radius 2 is 1.95 bits per heavy atom. The maximum absolute atomic E-state index is 11.9. The third-order valence-corrected chi connectivity index (χ3v) is 3.14. The SMILES string of the molecule is CC(C)(C)OC(=O)CN1C(=O)C(=O)c2ccc(Br)cc21. The number of hydrogen-bond acceptors (Lipinski definition) is 4. The van der Waals surface area contributed by atoms with Crippen LogP contribution in [0, 0.1) is 0 Å². The Hall–Kier alpha value is -1.69. The average Bonchev–Trinajstić information content (AvgIpc) is 2.52. The Morgan fingerprint density at radius 1 is 1.30 bits per heavy atom. The lowest BCUT2D eigenvalue weighted by atomic mass is 10.1. The first-order valence-corrected chi connectivity index (χ1v) is 6.86. The molecule has 0 saturated carbocycles. The van der Waals surface area contributed by atoms with Gasteiger partial charge in [0.15, 0.2) is 0 Å². The first kappa shape index (κ1) is 14.7. The summed E-state index contributed by atoms with van der Waals surface area (Å²) >= 11 is 3.28. The number of anilines is 1. The topological polar surface area (TPSA) is 63.7 Å². The molecule has 1 aromatic carbocycles. The van der Waals surface area contributed by atoms with Crippen molar-refractivity contribution in [2.45, 2.75) is 26.4 Å². The smallest absolute Gasteiger partial charge is 0.326 e. The van der Waals surface area contributed by atoms with E-state index in [2.05, 4.69) is 15.9 Å². The van der Waals surface area contributed by atoms with Gasteiger partial charge in [0, 0.05) is 4.47 Å². The quantitative estimate of drug-likeness (QED) is 0.612. The minimum Gasteiger partial charge on any atom is -0.459 e. The third kappa shape index (κ3) is 2.90. The van der Waals surface area contributed by atoms with E-state index in [9.17, 15) is 14.4 Å². The Labute approximate surface area is 125 Å². The van der Waals surface area contributed by atoms with Crippen LogP contribution in [0.2, 0.25) is 0 Å². The number of carbonyl (C=O) groups excluding carboxylic acids is 3. The van der Waals surface area contributed by atoms with Crippen LogP contribution in [0.5, 0.6) is 0 Å². The zero-order valence-electron chi connectivity index (χ0n) is 11.4. The minimum absolute atomic E-state index is 0.273. The molecular weight excluding hydrogens is 326 g/mol. The summed E-state index contributed by atoms with van der Waals surface area (Å²) in [6, 6.07) is 4.89. The fraction of sp³-hybridized carbons (Fsp3) is 0.357. The number of halogens is 1. The zero-order chi connectivity index (χ0) is 15.1. The molecule has 0 atom stereocenters. The molecule has 0 unspecified atom stereocenters. The molecule has 1 amide bonds. The number of ketones is 1. The first-order chi connectivity index (χ1) is 9.19. The Morgan fingerprint density at radius 3 is 2.55 bits per heavy atom. The number of Topliss-reactive ketones (excluding diaryl/α,β-unsaturated/α-hetero) is 1. The van der Waals surface area contributed by atoms with Crippen LogP contribution in [0.4, 0.5) is 5.69 Å². The number of esters is 1. The van der Waals surface area contributed by atoms with Gasteiger partial charge in [-0.25, -0.2) is 0 Å². The van der Waals surface area contributed by atoms with Gasteiger partial charge in [-0.1, -0.05) is 15.9 Å². The molecule has 0 saturated heterocycles. The van der Waals surface area contributed by atoms with E-state index in [1.165, 1.54) is 0 Å². The lowest BCUT2D eigenvalue weighted by Crippen LogP contribution is -2.38. The zero-order valence-corrected chi connectivity index (χ0v) is 13.0. The van der Waals surface area contributed by atoms with Gasteiger partial charge < -0.3 is 4.74 Å². The van der Waals surface area contributed by atoms with Crippen LogP contribution in [0.15, 0.2) is 22.7 Å². The van der Waals surface area contributed by atoms with Crippen molar-refractivity contribution in [2.75, 3.05) is 11.4 Å². The molecule has 0 fully saturated rings. The average molecular weight is 340 g/mol. The second-order valence-corrected chi connectivity index (χ2v) is 6.38. The van der Waals surface area contributed by atoms with Gasteiger partial charge in [-0.15, -0.1) is 0 Å². The number of benzene rings is 1. The van der Waals surface area contributed by atoms with Crippen molar-refractivity contribution in [1.29, 1.82) is 0 Å². The standard InChI is InChI=1S/C14H14BrNO4/c1-14(2,3)20-11(17)7-16-10-6-8(15)4-5-9(10)12(18)13(16)19/h4-6H,7H2,1-3H3. The van der Waals surface area contributed by atoms with Crippen molar-refractivity contribution in [2.24, 2.45) is 0 Å². The van der Waals surface area contributed by atoms with E-state index in [-0.39, 0.29) is 6.54 Å². The summed E-state index contributed by atoms with van der Waals surface area (Å²) in [5.74, 6) is -1.86. The van der Waals surface area contributed by atoms with E-state index >= 15 is 0 Å². The fourth-order valence-electron chi connectivity index (χ4n) is 1.93. The van der Waals surface area contributed by atoms with Gasteiger partial charge in [0.2, 0.25) is 0 Å². The van der Waals surface area contributed by atoms with Crippen LogP contribution in [0.1, 0.15) is 31.1 Å². The molecule has 20 heavy (non-hydrogen) atoms. The molecule has 0 aromatic heterocycles. The van der Waals surface area contributed by atoms with Crippen LogP contribution in [-0.4, -0.2) is 29.8 Å². The summed E-state index contributed by atoms with van der Waals surface area (Å²) in [6.45, 7) is 4.95. The van der Waals surface area contributed by atoms with E-state index in [0.29, 0.717) is 11.3 Å². The normalized spacial score (nSPS) is 14.5. The lowest BCUT2D eigenvalue weighted by molar-refractivity contribution is -0.153. The summed E-state index contributed by atoms with van der Waals surface area (Å²) in [5.41, 5.74) is 0.103. The third-order valence-electron chi connectivity index (χ3n) is 2.64. The van der Waals surface area contributed by atoms with Gasteiger partial charge in [0.05, 0.1) is 11.3 Å². The molecule has 1 heterocycles. The Kier molecular flexibility index (Phi) is 3.69. The minimum atomic E-state index is -0.705. The molecule has 1 aliphatic heterocycles. The fourth-order valence-corrected chi connectivity index (χ4v) is 2.28. The predicted molar refractivity (Wildman–Crippen MR) is 76.7 cm³/mol. The Bertz CT molecular complexity index is 604. The van der Waals surface area contributed by atoms with Crippen molar-refractivity contribution in [3.05, 3.63) is 28.2 Å². The molecule has 0 spiro atoms. The van der Waals surface area contributed by atoms with Gasteiger partial charge in [0.1, 0.15) is 12.1 Å². The van der Waals surface area contributed by atoms with E-state index < -0.39 is 23.3 Å². The summed E-state index contributed by atoms with van der Waals surface area (Å²) in [6.07, 6.45) is 0. The molecule has 0 aliphatic carbocycles. The van der Waals surface area contributed by atoms with Crippen molar-refractivity contribution in [1.82, 2.24) is 0 Å². The molecule has 0 radical (unpaired) electrons. The largest absolute Gasteiger partial charge is 0.459 e. The number of rotatable bonds is 2. The van der Waals surface area contributed by atoms with Crippen LogP contribution in [-0.2, 0) is 14.3 Å². The van der Waals surface area contributed by atoms with Crippen molar-refractivity contribution in [3.63, 3.8) is 0 Å². The van der Waals surface area contributed by atoms with Crippen molar-refractivity contribution in [3.8, 4) is 0 Å². The van der Waals surface area contributed by atoms with Crippen LogP contribution in [0.25, 0.3) is 0 Å². The van der Waals surface area contributed by atoms with Crippen LogP contribution < -0.4 is 4.90 Å². The number of carbonyl (C=O) groups is 3. The van der Waals surface area contributed by atoms with E-state index in [1.807, 2.05) is 0 Å². The summed E-state index contributed by atoms with van der Waals surface area (Å²) in [5, 5.41) is 0. The summed E-state index contributed by atoms with van der Waals surface area (Å²) in [4.78, 5) is 36.7. The van der Waals surface area contributed by atoms with Gasteiger partial charge in [0.25, 0.3) is 11.7 Å². The highest BCUT2D eigenvalue weighted by molar-refractivity contribution is 9.10. The van der Waals surface area contributed by atoms with E-state index in [4.69, 9.17) is 4.74 Å². The highest BCUT2D eigenvalue weighted by atomic mass is 79.9. The summed E-state index contributed by atoms with van der Waals surface area (Å²) < 4.78 is 5.90. The van der Waals surface area contributed by atoms with Gasteiger partial charge in [-0.2, -0.15) is 0 Å². The maximum Gasteiger partial charge on any atom is 0.326 e. The molecule has 0 bridgehead atoms. The van der Waals surface area contributed by atoms with Gasteiger partial charge in [-0.3, -0.25) is 19.3 Å². The molecule has 6 heteroatoms. The van der Waals surface area contributed by atoms with Crippen LogP contribution >= 0.6 is 15.9 Å². The molecule has 5 nitrogen and oxygen atoms in total. The first-order valence-electron chi connectivity index (χ1n) is 6.06. The maximum atomic E-state index is 11.9. The molecule has 106 valence electrons. The van der Waals surface area contributed by atoms with E-state index in [1.54, 1.807) is 39.0 Å². The number of nitrogens with zero attached hydrogens (tertiary/aromatic N) is 1. The lowest BCUT2D eigenvalue weighted by Gasteiger charge is -2.22. The van der Waals surface area contributed by atoms with Gasteiger partial charge >= 0.3 is 5.97 Å². The van der Waals surface area contributed by atoms with Gasteiger partial charge in [-0.05, 0) is 39.0 Å². The molecule has 0 N–H and O–H groups in total. The molecule has 1 aliphatic rings. The number of hydrogen-bond donors (Lipinski definition) is 0. The van der Waals surface area contributed by atoms with E-state index in [0.717, 1.165) is 9.37 Å². The summed E-state index contributed by atoms with van der Waals surface area (Å²) in [7, 11) is 0. The number of amides is 1. The van der Waals surface area contributed by atoms with Crippen molar-refractivity contribution >= 4 is 39.3 Å². The van der Waals surface area contributed by atoms with Crippen molar-refractivity contribution < 1.29 is 19.1 Å². The highest BCUT2D eigenvalue weighted by Crippen LogP contribution is 2.31. The number of fused-ring (bicyclic) bond motifs is 1. The highest BCUT2D eigenvalue weighted by Gasteiger charge is 2.37. The molecule has 2 rings (SSSR count).